The number of benzene rings is 5. The van der Waals surface area contributed by atoms with Gasteiger partial charge in [-0.05, 0) is 55.9 Å². The van der Waals surface area contributed by atoms with Crippen molar-refractivity contribution in [1.29, 1.82) is 0 Å². The summed E-state index contributed by atoms with van der Waals surface area (Å²) < 4.78 is 0. The van der Waals surface area contributed by atoms with Crippen molar-refractivity contribution in [1.82, 2.24) is 19.9 Å². The highest BCUT2D eigenvalue weighted by Gasteiger charge is 2.22. The third-order valence-electron chi connectivity index (χ3n) is 6.25. The standard InChI is InChI=1S/C28H17N5/c1-6-18-7-2-9-20-22-12-13-24(23-11-3-10-21(26(22)23)19(8-1)25(18)20)33(27-29-14-4-15-30-27)28-31-16-5-17-32-28/h1-17H. The van der Waals surface area contributed by atoms with Crippen LogP contribution < -0.4 is 4.90 Å². The summed E-state index contributed by atoms with van der Waals surface area (Å²) >= 11 is 0. The average molecular weight is 423 g/mol. The van der Waals surface area contributed by atoms with E-state index in [0.717, 1.165) is 11.1 Å². The van der Waals surface area contributed by atoms with Crippen LogP contribution in [-0.2, 0) is 0 Å². The molecule has 5 nitrogen and oxygen atoms in total. The number of hydrogen-bond acceptors (Lipinski definition) is 5. The molecule has 0 fully saturated rings. The van der Waals surface area contributed by atoms with Crippen molar-refractivity contribution >= 4 is 60.7 Å². The van der Waals surface area contributed by atoms with E-state index in [-0.39, 0.29) is 0 Å². The van der Waals surface area contributed by atoms with Gasteiger partial charge in [-0.3, -0.25) is 0 Å². The van der Waals surface area contributed by atoms with Gasteiger partial charge in [0.1, 0.15) is 0 Å². The van der Waals surface area contributed by atoms with Gasteiger partial charge < -0.3 is 0 Å². The van der Waals surface area contributed by atoms with E-state index < -0.39 is 0 Å². The van der Waals surface area contributed by atoms with Crippen LogP contribution >= 0.6 is 0 Å². The lowest BCUT2D eigenvalue weighted by atomic mass is 9.89. The number of anilines is 3. The minimum atomic E-state index is 0.530. The molecule has 0 amide bonds. The van der Waals surface area contributed by atoms with E-state index in [2.05, 4.69) is 86.7 Å². The van der Waals surface area contributed by atoms with E-state index in [1.165, 1.54) is 37.7 Å². The lowest BCUT2D eigenvalue weighted by molar-refractivity contribution is 1.01. The summed E-state index contributed by atoms with van der Waals surface area (Å²) in [5, 5.41) is 9.88. The van der Waals surface area contributed by atoms with Crippen molar-refractivity contribution in [2.24, 2.45) is 0 Å². The second-order valence-electron chi connectivity index (χ2n) is 8.00. The molecule has 0 radical (unpaired) electrons. The first-order chi connectivity index (χ1) is 16.4. The third kappa shape index (κ3) is 2.59. The maximum absolute atomic E-state index is 4.52. The van der Waals surface area contributed by atoms with Crippen molar-refractivity contribution in [2.45, 2.75) is 0 Å². The van der Waals surface area contributed by atoms with Crippen LogP contribution in [0.3, 0.4) is 0 Å². The second-order valence-corrected chi connectivity index (χ2v) is 8.00. The molecule has 0 unspecified atom stereocenters. The number of fused-ring (bicyclic) bond motifs is 2. The minimum absolute atomic E-state index is 0.530. The summed E-state index contributed by atoms with van der Waals surface area (Å²) in [6.45, 7) is 0. The molecule has 7 aromatic rings. The fourth-order valence-electron chi connectivity index (χ4n) is 4.94. The summed E-state index contributed by atoms with van der Waals surface area (Å²) in [6, 6.07) is 27.5. The summed E-state index contributed by atoms with van der Waals surface area (Å²) in [7, 11) is 0. The third-order valence-corrected chi connectivity index (χ3v) is 6.25. The Hall–Kier alpha value is -4.64. The van der Waals surface area contributed by atoms with Gasteiger partial charge in [-0.15, -0.1) is 0 Å². The molecule has 0 saturated heterocycles. The van der Waals surface area contributed by atoms with E-state index in [4.69, 9.17) is 0 Å². The monoisotopic (exact) mass is 423 g/mol. The first-order valence-corrected chi connectivity index (χ1v) is 10.8. The van der Waals surface area contributed by atoms with Crippen LogP contribution in [0.1, 0.15) is 0 Å². The summed E-state index contributed by atoms with van der Waals surface area (Å²) in [4.78, 5) is 20.0. The Balaban J connectivity index is 1.64. The molecule has 0 saturated carbocycles. The van der Waals surface area contributed by atoms with E-state index in [1.807, 2.05) is 17.0 Å². The first-order valence-electron chi connectivity index (χ1n) is 10.8. The van der Waals surface area contributed by atoms with Crippen LogP contribution in [0.15, 0.2) is 104 Å². The smallest absolute Gasteiger partial charge is 0.236 e. The van der Waals surface area contributed by atoms with Gasteiger partial charge in [0, 0.05) is 30.2 Å². The van der Waals surface area contributed by atoms with Crippen LogP contribution in [0.2, 0.25) is 0 Å². The number of aromatic nitrogens is 4. The Bertz CT molecular complexity index is 1670. The highest BCUT2D eigenvalue weighted by Crippen LogP contribution is 2.44. The maximum Gasteiger partial charge on any atom is 0.236 e. The Kier molecular flexibility index (Phi) is 3.78. The van der Waals surface area contributed by atoms with E-state index in [1.54, 1.807) is 24.8 Å². The van der Waals surface area contributed by atoms with Crippen molar-refractivity contribution in [3.8, 4) is 0 Å². The van der Waals surface area contributed by atoms with Crippen LogP contribution in [0.4, 0.5) is 17.6 Å². The molecular weight excluding hydrogens is 406 g/mol. The van der Waals surface area contributed by atoms with Crippen LogP contribution in [0.5, 0.6) is 0 Å². The van der Waals surface area contributed by atoms with Gasteiger partial charge in [0.2, 0.25) is 11.9 Å². The molecule has 2 aromatic heterocycles. The lowest BCUT2D eigenvalue weighted by Crippen LogP contribution is -2.16. The fourth-order valence-corrected chi connectivity index (χ4v) is 4.94. The van der Waals surface area contributed by atoms with Crippen molar-refractivity contribution in [3.63, 3.8) is 0 Å². The predicted octanol–water partition coefficient (Wildman–Crippen LogP) is 6.79. The largest absolute Gasteiger partial charge is 0.246 e. The van der Waals surface area contributed by atoms with Gasteiger partial charge in [0.15, 0.2) is 0 Å². The Morgan fingerprint density at radius 1 is 0.424 bits per heavy atom. The molecule has 5 aromatic carbocycles. The minimum Gasteiger partial charge on any atom is -0.246 e. The topological polar surface area (TPSA) is 54.8 Å². The zero-order chi connectivity index (χ0) is 21.8. The first kappa shape index (κ1) is 18.0. The average Bonchev–Trinajstić information content (AvgIpc) is 2.89. The number of rotatable bonds is 3. The van der Waals surface area contributed by atoms with Crippen molar-refractivity contribution in [2.75, 3.05) is 4.90 Å². The zero-order valence-electron chi connectivity index (χ0n) is 17.6. The molecule has 0 aliphatic rings. The molecule has 0 spiro atoms. The van der Waals surface area contributed by atoms with E-state index in [0.29, 0.717) is 11.9 Å². The normalized spacial score (nSPS) is 11.6. The van der Waals surface area contributed by atoms with Crippen molar-refractivity contribution in [3.05, 3.63) is 104 Å². The van der Waals surface area contributed by atoms with Gasteiger partial charge in [0.05, 0.1) is 5.69 Å². The summed E-state index contributed by atoms with van der Waals surface area (Å²) in [6.07, 6.45) is 6.95. The highest BCUT2D eigenvalue weighted by molar-refractivity contribution is 6.34. The molecule has 0 aliphatic heterocycles. The Labute approximate surface area is 189 Å². The number of nitrogens with zero attached hydrogens (tertiary/aromatic N) is 5. The van der Waals surface area contributed by atoms with Crippen LogP contribution in [0.25, 0.3) is 43.1 Å². The van der Waals surface area contributed by atoms with E-state index in [9.17, 15) is 0 Å². The lowest BCUT2D eigenvalue weighted by Gasteiger charge is -2.23. The molecule has 0 atom stereocenters. The fraction of sp³-hybridized carbons (Fsp3) is 0. The Morgan fingerprint density at radius 3 is 1.52 bits per heavy atom. The van der Waals surface area contributed by atoms with Crippen LogP contribution in [-0.4, -0.2) is 19.9 Å². The molecule has 7 rings (SSSR count). The summed E-state index contributed by atoms with van der Waals surface area (Å²) in [5.74, 6) is 1.06. The van der Waals surface area contributed by atoms with Gasteiger partial charge in [-0.1, -0.05) is 60.7 Å². The molecular formula is C28H17N5. The highest BCUT2D eigenvalue weighted by atomic mass is 15.3. The molecule has 0 N–H and O–H groups in total. The van der Waals surface area contributed by atoms with Crippen LogP contribution in [0, 0.1) is 0 Å². The van der Waals surface area contributed by atoms with Gasteiger partial charge in [-0.2, -0.15) is 0 Å². The summed E-state index contributed by atoms with van der Waals surface area (Å²) in [5.41, 5.74) is 0.944. The van der Waals surface area contributed by atoms with E-state index >= 15 is 0 Å². The molecule has 154 valence electrons. The van der Waals surface area contributed by atoms with Gasteiger partial charge in [0.25, 0.3) is 0 Å². The Morgan fingerprint density at radius 2 is 0.909 bits per heavy atom. The second kappa shape index (κ2) is 6.93. The molecule has 5 heteroatoms. The quantitative estimate of drug-likeness (QED) is 0.231. The van der Waals surface area contributed by atoms with Crippen molar-refractivity contribution < 1.29 is 0 Å². The number of hydrogen-bond donors (Lipinski definition) is 0. The van der Waals surface area contributed by atoms with Gasteiger partial charge in [-0.25, -0.2) is 24.8 Å². The molecule has 2 heterocycles. The SMILES string of the molecule is c1cnc(N(c2ncccn2)c2ccc3c4cccc5cccc(c6cccc2c63)c54)nc1. The zero-order valence-corrected chi connectivity index (χ0v) is 17.6. The predicted molar refractivity (Wildman–Crippen MR) is 134 cm³/mol. The van der Waals surface area contributed by atoms with Gasteiger partial charge >= 0.3 is 0 Å². The maximum atomic E-state index is 4.52. The molecule has 33 heavy (non-hydrogen) atoms. The molecule has 0 aliphatic carbocycles. The molecule has 0 bridgehead atoms.